The third-order valence-corrected chi connectivity index (χ3v) is 6.27. The summed E-state index contributed by atoms with van der Waals surface area (Å²) in [6.45, 7) is 1.14. The minimum atomic E-state index is -3.41. The van der Waals surface area contributed by atoms with Gasteiger partial charge in [0.15, 0.2) is 0 Å². The molecule has 4 nitrogen and oxygen atoms in total. The van der Waals surface area contributed by atoms with Crippen LogP contribution in [0, 0.1) is 0 Å². The number of likely N-dealkylation sites (N-methyl/N-ethyl adjacent to an activating group) is 1. The number of halogens is 1. The van der Waals surface area contributed by atoms with Crippen LogP contribution in [0.15, 0.2) is 59.5 Å². The first-order valence-electron chi connectivity index (χ1n) is 7.94. The zero-order chi connectivity index (χ0) is 16.3. The molecule has 3 rings (SSSR count). The van der Waals surface area contributed by atoms with Gasteiger partial charge in [-0.1, -0.05) is 42.5 Å². The Hall–Kier alpha value is -1.40. The molecule has 2 aromatic rings. The smallest absolute Gasteiger partial charge is 0.243 e. The second-order valence-corrected chi connectivity index (χ2v) is 7.82. The number of piperidine rings is 1. The second-order valence-electron chi connectivity index (χ2n) is 5.88. The molecule has 0 saturated carbocycles. The molecule has 1 heterocycles. The number of hydrogen-bond donors (Lipinski definition) is 1. The molecule has 130 valence electrons. The molecule has 24 heavy (non-hydrogen) atoms. The van der Waals surface area contributed by atoms with E-state index in [9.17, 15) is 8.42 Å². The van der Waals surface area contributed by atoms with E-state index >= 15 is 0 Å². The minimum Gasteiger partial charge on any atom is -0.316 e. The topological polar surface area (TPSA) is 49.4 Å². The molecule has 1 aliphatic rings. The lowest BCUT2D eigenvalue weighted by atomic mass is 10.1. The quantitative estimate of drug-likeness (QED) is 0.904. The fourth-order valence-electron chi connectivity index (χ4n) is 3.00. The number of hydrogen-bond acceptors (Lipinski definition) is 3. The van der Waals surface area contributed by atoms with Gasteiger partial charge in [-0.2, -0.15) is 4.31 Å². The van der Waals surface area contributed by atoms with Crippen LogP contribution in [0.3, 0.4) is 0 Å². The Balaban J connectivity index is 0.00000208. The predicted octanol–water partition coefficient (Wildman–Crippen LogP) is 3.15. The van der Waals surface area contributed by atoms with Crippen molar-refractivity contribution < 1.29 is 8.42 Å². The van der Waals surface area contributed by atoms with Gasteiger partial charge in [0, 0.05) is 19.1 Å². The Morgan fingerprint density at radius 3 is 2.25 bits per heavy atom. The van der Waals surface area contributed by atoms with Gasteiger partial charge >= 0.3 is 0 Å². The van der Waals surface area contributed by atoms with Crippen molar-refractivity contribution >= 4 is 22.4 Å². The van der Waals surface area contributed by atoms with E-state index in [0.717, 1.165) is 24.0 Å². The highest BCUT2D eigenvalue weighted by Crippen LogP contribution is 2.24. The van der Waals surface area contributed by atoms with Crippen molar-refractivity contribution in [2.24, 2.45) is 0 Å². The lowest BCUT2D eigenvalue weighted by Gasteiger charge is -2.31. The molecule has 2 aromatic carbocycles. The van der Waals surface area contributed by atoms with Crippen LogP contribution in [0.4, 0.5) is 0 Å². The lowest BCUT2D eigenvalue weighted by molar-refractivity contribution is 0.293. The van der Waals surface area contributed by atoms with E-state index < -0.39 is 10.0 Å². The zero-order valence-electron chi connectivity index (χ0n) is 13.7. The van der Waals surface area contributed by atoms with E-state index in [4.69, 9.17) is 0 Å². The van der Waals surface area contributed by atoms with Crippen molar-refractivity contribution in [1.29, 1.82) is 0 Å². The summed E-state index contributed by atoms with van der Waals surface area (Å²) in [6.07, 6.45) is 1.92. The maximum absolute atomic E-state index is 12.8. The molecular weight excluding hydrogens is 344 g/mol. The van der Waals surface area contributed by atoms with E-state index in [1.807, 2.05) is 49.5 Å². The van der Waals surface area contributed by atoms with Crippen LogP contribution in [-0.2, 0) is 10.0 Å². The molecule has 1 fully saturated rings. The summed E-state index contributed by atoms with van der Waals surface area (Å²) < 4.78 is 27.2. The molecule has 6 heteroatoms. The summed E-state index contributed by atoms with van der Waals surface area (Å²) in [7, 11) is -1.53. The minimum absolute atomic E-state index is 0. The number of rotatable bonds is 4. The van der Waals surface area contributed by atoms with Gasteiger partial charge in [-0.3, -0.25) is 0 Å². The highest BCUT2D eigenvalue weighted by atomic mass is 35.5. The molecule has 0 aliphatic carbocycles. The van der Waals surface area contributed by atoms with Gasteiger partial charge < -0.3 is 5.32 Å². The molecular formula is C18H23ClN2O2S. The predicted molar refractivity (Wildman–Crippen MR) is 100.0 cm³/mol. The Labute approximate surface area is 150 Å². The average molecular weight is 367 g/mol. The Morgan fingerprint density at radius 2 is 1.62 bits per heavy atom. The molecule has 0 bridgehead atoms. The van der Waals surface area contributed by atoms with Crippen molar-refractivity contribution in [3.05, 3.63) is 54.6 Å². The number of sulfonamides is 1. The van der Waals surface area contributed by atoms with Crippen LogP contribution in [-0.4, -0.2) is 38.9 Å². The summed E-state index contributed by atoms with van der Waals surface area (Å²) in [5.74, 6) is 0. The second kappa shape index (κ2) is 8.12. The Morgan fingerprint density at radius 1 is 1.00 bits per heavy atom. The molecule has 1 atom stereocenters. The van der Waals surface area contributed by atoms with Crippen LogP contribution in [0.2, 0.25) is 0 Å². The normalized spacial score (nSPS) is 18.8. The monoisotopic (exact) mass is 366 g/mol. The Bertz CT molecular complexity index is 748. The third-order valence-electron chi connectivity index (χ3n) is 4.39. The molecule has 1 N–H and O–H groups in total. The van der Waals surface area contributed by atoms with Crippen LogP contribution < -0.4 is 5.32 Å². The van der Waals surface area contributed by atoms with Crippen LogP contribution in [0.5, 0.6) is 0 Å². The van der Waals surface area contributed by atoms with Crippen molar-refractivity contribution in [2.45, 2.75) is 23.8 Å². The van der Waals surface area contributed by atoms with Gasteiger partial charge in [0.25, 0.3) is 0 Å². The van der Waals surface area contributed by atoms with E-state index in [0.29, 0.717) is 18.0 Å². The van der Waals surface area contributed by atoms with Gasteiger partial charge in [-0.05, 0) is 43.1 Å². The number of nitrogens with one attached hydrogen (secondary N) is 1. The van der Waals surface area contributed by atoms with Gasteiger partial charge in [0.05, 0.1) is 4.90 Å². The van der Waals surface area contributed by atoms with Crippen LogP contribution in [0.1, 0.15) is 12.8 Å². The fourth-order valence-corrected chi connectivity index (χ4v) is 4.52. The highest BCUT2D eigenvalue weighted by molar-refractivity contribution is 7.89. The molecule has 0 spiro atoms. The summed E-state index contributed by atoms with van der Waals surface area (Å²) in [5, 5.41) is 3.18. The average Bonchev–Trinajstić information content (AvgIpc) is 2.62. The Kier molecular flexibility index (Phi) is 6.40. The van der Waals surface area contributed by atoms with Gasteiger partial charge in [-0.25, -0.2) is 8.42 Å². The highest BCUT2D eigenvalue weighted by Gasteiger charge is 2.29. The summed E-state index contributed by atoms with van der Waals surface area (Å²) in [4.78, 5) is 0.369. The lowest BCUT2D eigenvalue weighted by Crippen LogP contribution is -2.46. The maximum atomic E-state index is 12.8. The van der Waals surface area contributed by atoms with Crippen molar-refractivity contribution in [2.75, 3.05) is 20.1 Å². The van der Waals surface area contributed by atoms with E-state index in [2.05, 4.69) is 5.32 Å². The van der Waals surface area contributed by atoms with Crippen LogP contribution in [0.25, 0.3) is 11.1 Å². The first-order valence-corrected chi connectivity index (χ1v) is 9.38. The van der Waals surface area contributed by atoms with Crippen molar-refractivity contribution in [1.82, 2.24) is 9.62 Å². The van der Waals surface area contributed by atoms with Crippen molar-refractivity contribution in [3.63, 3.8) is 0 Å². The molecule has 1 aliphatic heterocycles. The number of nitrogens with zero attached hydrogens (tertiary/aromatic N) is 1. The van der Waals surface area contributed by atoms with E-state index in [1.54, 1.807) is 16.4 Å². The molecule has 0 aromatic heterocycles. The maximum Gasteiger partial charge on any atom is 0.243 e. The zero-order valence-corrected chi connectivity index (χ0v) is 15.3. The summed E-state index contributed by atoms with van der Waals surface area (Å²) in [6, 6.07) is 17.4. The summed E-state index contributed by atoms with van der Waals surface area (Å²) >= 11 is 0. The SMILES string of the molecule is CNC1CCCN(S(=O)(=O)c2ccc(-c3ccccc3)cc2)C1.Cl. The van der Waals surface area contributed by atoms with Crippen LogP contribution >= 0.6 is 12.4 Å². The first kappa shape index (κ1) is 18.9. The van der Waals surface area contributed by atoms with Crippen molar-refractivity contribution in [3.8, 4) is 11.1 Å². The van der Waals surface area contributed by atoms with Gasteiger partial charge in [0.2, 0.25) is 10.0 Å². The standard InChI is InChI=1S/C18H22N2O2S.ClH/c1-19-17-8-5-13-20(14-17)23(21,22)18-11-9-16(10-12-18)15-6-3-2-4-7-15;/h2-4,6-7,9-12,17,19H,5,8,13-14H2,1H3;1H. The summed E-state index contributed by atoms with van der Waals surface area (Å²) in [5.41, 5.74) is 2.11. The molecule has 1 unspecified atom stereocenters. The number of benzene rings is 2. The fraction of sp³-hybridized carbons (Fsp3) is 0.333. The third kappa shape index (κ3) is 3.98. The molecule has 0 amide bonds. The largest absolute Gasteiger partial charge is 0.316 e. The molecule has 1 saturated heterocycles. The van der Waals surface area contributed by atoms with Gasteiger partial charge in [0.1, 0.15) is 0 Å². The van der Waals surface area contributed by atoms with Gasteiger partial charge in [-0.15, -0.1) is 12.4 Å². The first-order chi connectivity index (χ1) is 11.1. The molecule has 0 radical (unpaired) electrons. The van der Waals surface area contributed by atoms with E-state index in [-0.39, 0.29) is 18.4 Å². The van der Waals surface area contributed by atoms with E-state index in [1.165, 1.54) is 0 Å².